The molecule has 1 aliphatic rings. The maximum atomic E-state index is 16.0. The highest BCUT2D eigenvalue weighted by Crippen LogP contribution is 2.38. The number of hydrogen-bond acceptors (Lipinski definition) is 4. The number of aliphatic carboxylic acids is 1. The number of nitrogens with one attached hydrogen (secondary N) is 2. The fourth-order valence-electron chi connectivity index (χ4n) is 4.95. The van der Waals surface area contributed by atoms with Crippen LogP contribution in [0.15, 0.2) is 36.4 Å². The highest BCUT2D eigenvalue weighted by Gasteiger charge is 2.29. The Labute approximate surface area is 223 Å². The summed E-state index contributed by atoms with van der Waals surface area (Å²) in [5.74, 6) is -1.80. The van der Waals surface area contributed by atoms with Crippen LogP contribution in [0, 0.1) is 11.7 Å². The molecule has 3 N–H and O–H groups in total. The van der Waals surface area contributed by atoms with Crippen molar-refractivity contribution in [2.75, 3.05) is 35.8 Å². The van der Waals surface area contributed by atoms with Gasteiger partial charge in [-0.2, -0.15) is 0 Å². The number of ether oxygens (including phenoxy) is 1. The topological polar surface area (TPSA) is 90.9 Å². The van der Waals surface area contributed by atoms with E-state index in [1.54, 1.807) is 30.3 Å². The van der Waals surface area contributed by atoms with Crippen LogP contribution < -0.4 is 15.5 Å². The lowest BCUT2D eigenvalue weighted by atomic mass is 9.91. The molecule has 1 saturated carbocycles. The average Bonchev–Trinajstić information content (AvgIpc) is 2.84. The number of carbonyl (C=O) groups excluding carboxylic acids is 1. The van der Waals surface area contributed by atoms with Crippen LogP contribution in [-0.2, 0) is 9.53 Å². The van der Waals surface area contributed by atoms with Crippen molar-refractivity contribution >= 4 is 40.7 Å². The van der Waals surface area contributed by atoms with Crippen molar-refractivity contribution in [2.45, 2.75) is 64.3 Å². The van der Waals surface area contributed by atoms with Gasteiger partial charge in [0.25, 0.3) is 0 Å². The first kappa shape index (κ1) is 28.7. The molecule has 0 aliphatic heterocycles. The second-order valence-electron chi connectivity index (χ2n) is 10.1. The molecule has 0 spiro atoms. The third-order valence-corrected chi connectivity index (χ3v) is 6.81. The molecule has 0 saturated heterocycles. The first-order chi connectivity index (χ1) is 17.7. The van der Waals surface area contributed by atoms with Gasteiger partial charge < -0.3 is 25.4 Å². The predicted octanol–water partition coefficient (Wildman–Crippen LogP) is 7.12. The summed E-state index contributed by atoms with van der Waals surface area (Å²) in [6.45, 7) is 4.92. The van der Waals surface area contributed by atoms with Crippen molar-refractivity contribution in [1.82, 2.24) is 0 Å². The standard InChI is InChI=1S/C28H37ClFN3O4/c1-18(2)16-33(23-7-5-4-6-8-23)27-24(30)13-19(20(17-37-3)15-26(34)35)14-25(27)32-28(36)31-22-11-9-21(29)10-12-22/h9-14,18,20,23H,4-8,15-17H2,1-3H3,(H,34,35)(H2,31,32,36). The minimum absolute atomic E-state index is 0.111. The number of halogens is 2. The monoisotopic (exact) mass is 533 g/mol. The van der Waals surface area contributed by atoms with Gasteiger partial charge in [0.1, 0.15) is 5.82 Å². The number of carboxylic acids is 1. The van der Waals surface area contributed by atoms with Crippen LogP contribution in [0.2, 0.25) is 5.02 Å². The van der Waals surface area contributed by atoms with E-state index in [9.17, 15) is 14.7 Å². The van der Waals surface area contributed by atoms with Crippen LogP contribution in [-0.4, -0.2) is 43.4 Å². The summed E-state index contributed by atoms with van der Waals surface area (Å²) in [7, 11) is 1.48. The fraction of sp³-hybridized carbons (Fsp3) is 0.500. The van der Waals surface area contributed by atoms with Gasteiger partial charge in [-0.1, -0.05) is 44.7 Å². The van der Waals surface area contributed by atoms with E-state index in [-0.39, 0.29) is 25.0 Å². The van der Waals surface area contributed by atoms with Gasteiger partial charge in [-0.25, -0.2) is 9.18 Å². The molecule has 2 aromatic rings. The van der Waals surface area contributed by atoms with Gasteiger partial charge in [0.05, 0.1) is 24.4 Å². The summed E-state index contributed by atoms with van der Waals surface area (Å²) < 4.78 is 21.2. The third kappa shape index (κ3) is 8.33. The van der Waals surface area contributed by atoms with Crippen molar-refractivity contribution in [3.63, 3.8) is 0 Å². The largest absolute Gasteiger partial charge is 0.481 e. The first-order valence-corrected chi connectivity index (χ1v) is 13.2. The first-order valence-electron chi connectivity index (χ1n) is 12.8. The minimum Gasteiger partial charge on any atom is -0.481 e. The maximum Gasteiger partial charge on any atom is 0.323 e. The van der Waals surface area contributed by atoms with Gasteiger partial charge in [-0.05, 0) is 60.7 Å². The van der Waals surface area contributed by atoms with E-state index >= 15 is 4.39 Å². The number of carbonyl (C=O) groups is 2. The summed E-state index contributed by atoms with van der Waals surface area (Å²) in [5.41, 5.74) is 1.64. The molecule has 1 unspecified atom stereocenters. The highest BCUT2D eigenvalue weighted by molar-refractivity contribution is 6.30. The zero-order chi connectivity index (χ0) is 26.9. The Morgan fingerprint density at radius 1 is 1.14 bits per heavy atom. The van der Waals surface area contributed by atoms with Crippen LogP contribution in [0.1, 0.15) is 63.9 Å². The number of methoxy groups -OCH3 is 1. The molecule has 3 rings (SSSR count). The fourth-order valence-corrected chi connectivity index (χ4v) is 5.08. The second-order valence-corrected chi connectivity index (χ2v) is 10.5. The van der Waals surface area contributed by atoms with E-state index in [0.29, 0.717) is 34.2 Å². The summed E-state index contributed by atoms with van der Waals surface area (Å²) in [6, 6.07) is 9.38. The predicted molar refractivity (Wildman–Crippen MR) is 146 cm³/mol. The van der Waals surface area contributed by atoms with Crippen molar-refractivity contribution in [1.29, 1.82) is 0 Å². The van der Waals surface area contributed by atoms with Gasteiger partial charge in [0.15, 0.2) is 0 Å². The number of anilines is 3. The second kappa shape index (κ2) is 13.6. The molecule has 0 heterocycles. The molecule has 202 valence electrons. The van der Waals surface area contributed by atoms with Crippen LogP contribution in [0.4, 0.5) is 26.2 Å². The third-order valence-electron chi connectivity index (χ3n) is 6.56. The Morgan fingerprint density at radius 2 is 1.81 bits per heavy atom. The van der Waals surface area contributed by atoms with Crippen molar-refractivity contribution in [2.24, 2.45) is 5.92 Å². The van der Waals surface area contributed by atoms with Crippen molar-refractivity contribution in [3.05, 3.63) is 52.8 Å². The Bertz CT molecular complexity index is 1060. The van der Waals surface area contributed by atoms with Crippen molar-refractivity contribution in [3.8, 4) is 0 Å². The highest BCUT2D eigenvalue weighted by atomic mass is 35.5. The van der Waals surface area contributed by atoms with Gasteiger partial charge in [-0.3, -0.25) is 4.79 Å². The van der Waals surface area contributed by atoms with Crippen molar-refractivity contribution < 1.29 is 23.8 Å². The minimum atomic E-state index is -1.01. The number of rotatable bonds is 11. The summed E-state index contributed by atoms with van der Waals surface area (Å²) in [6.07, 6.45) is 5.00. The molecular weight excluding hydrogens is 497 g/mol. The van der Waals surface area contributed by atoms with Crippen LogP contribution in [0.25, 0.3) is 0 Å². The Hall–Kier alpha value is -2.84. The lowest BCUT2D eigenvalue weighted by Crippen LogP contribution is -2.40. The maximum absolute atomic E-state index is 16.0. The molecule has 7 nitrogen and oxygen atoms in total. The average molecular weight is 534 g/mol. The van der Waals surface area contributed by atoms with E-state index < -0.39 is 23.7 Å². The number of benzene rings is 2. The SMILES string of the molecule is COCC(CC(=O)O)c1cc(F)c(N(CC(C)C)C2CCCCC2)c(NC(=O)Nc2ccc(Cl)cc2)c1. The van der Waals surface area contributed by atoms with Gasteiger partial charge in [0, 0.05) is 36.3 Å². The molecular formula is C28H37ClFN3O4. The lowest BCUT2D eigenvalue weighted by Gasteiger charge is -2.38. The molecule has 1 fully saturated rings. The van der Waals surface area contributed by atoms with Crippen LogP contribution in [0.5, 0.6) is 0 Å². The Balaban J connectivity index is 2.04. The number of carboxylic acid groups (broad SMARTS) is 1. The van der Waals surface area contributed by atoms with E-state index in [1.807, 2.05) is 0 Å². The molecule has 1 aliphatic carbocycles. The van der Waals surface area contributed by atoms with E-state index in [2.05, 4.69) is 29.4 Å². The van der Waals surface area contributed by atoms with E-state index in [0.717, 1.165) is 32.1 Å². The quantitative estimate of drug-likeness (QED) is 0.286. The number of nitrogens with zero attached hydrogens (tertiary/aromatic N) is 1. The molecule has 0 radical (unpaired) electrons. The number of hydrogen-bond donors (Lipinski definition) is 3. The molecule has 1 atom stereocenters. The Morgan fingerprint density at radius 3 is 2.41 bits per heavy atom. The number of urea groups is 1. The lowest BCUT2D eigenvalue weighted by molar-refractivity contribution is -0.137. The zero-order valence-electron chi connectivity index (χ0n) is 21.7. The summed E-state index contributed by atoms with van der Waals surface area (Å²) >= 11 is 5.95. The van der Waals surface area contributed by atoms with Gasteiger partial charge in [0.2, 0.25) is 0 Å². The van der Waals surface area contributed by atoms with E-state index in [4.69, 9.17) is 16.3 Å². The molecule has 2 aromatic carbocycles. The van der Waals surface area contributed by atoms with Gasteiger partial charge >= 0.3 is 12.0 Å². The molecule has 2 amide bonds. The molecule has 0 aromatic heterocycles. The Kier molecular flexibility index (Phi) is 10.6. The smallest absolute Gasteiger partial charge is 0.323 e. The molecule has 37 heavy (non-hydrogen) atoms. The van der Waals surface area contributed by atoms with Gasteiger partial charge in [-0.15, -0.1) is 0 Å². The zero-order valence-corrected chi connectivity index (χ0v) is 22.5. The van der Waals surface area contributed by atoms with Crippen LogP contribution >= 0.6 is 11.6 Å². The van der Waals surface area contributed by atoms with Crippen LogP contribution in [0.3, 0.4) is 0 Å². The van der Waals surface area contributed by atoms with E-state index in [1.165, 1.54) is 13.2 Å². The molecule has 0 bridgehead atoms. The summed E-state index contributed by atoms with van der Waals surface area (Å²) in [4.78, 5) is 26.6. The number of amides is 2. The molecule has 9 heteroatoms. The summed E-state index contributed by atoms with van der Waals surface area (Å²) in [5, 5.41) is 15.6. The normalized spacial score (nSPS) is 14.9.